The first kappa shape index (κ1) is 20.0. The Labute approximate surface area is 159 Å². The third kappa shape index (κ3) is 6.51. The van der Waals surface area contributed by atoms with Gasteiger partial charge in [-0.15, -0.1) is 6.58 Å². The van der Waals surface area contributed by atoms with E-state index in [-0.39, 0.29) is 18.4 Å². The second-order valence-electron chi connectivity index (χ2n) is 5.92. The molecule has 142 valence electrons. The van der Waals surface area contributed by atoms with E-state index in [1.807, 2.05) is 36.4 Å². The van der Waals surface area contributed by atoms with Crippen LogP contribution in [-0.4, -0.2) is 25.5 Å². The van der Waals surface area contributed by atoms with E-state index < -0.39 is 0 Å². The van der Waals surface area contributed by atoms with Gasteiger partial charge < -0.3 is 20.1 Å². The van der Waals surface area contributed by atoms with E-state index in [1.165, 1.54) is 6.92 Å². The van der Waals surface area contributed by atoms with Crippen LogP contribution < -0.4 is 20.1 Å². The summed E-state index contributed by atoms with van der Waals surface area (Å²) >= 11 is 0. The van der Waals surface area contributed by atoms with Gasteiger partial charge in [0.25, 0.3) is 5.91 Å². The number of carbonyl (C=O) groups is 2. The van der Waals surface area contributed by atoms with Crippen molar-refractivity contribution >= 4 is 17.5 Å². The van der Waals surface area contributed by atoms with Crippen LogP contribution in [0, 0.1) is 0 Å². The maximum atomic E-state index is 12.1. The average Bonchev–Trinajstić information content (AvgIpc) is 2.65. The highest BCUT2D eigenvalue weighted by Gasteiger charge is 2.09. The average molecular weight is 368 g/mol. The number of amides is 2. The van der Waals surface area contributed by atoms with Crippen molar-refractivity contribution in [2.24, 2.45) is 0 Å². The van der Waals surface area contributed by atoms with Crippen LogP contribution in [0.4, 0.5) is 5.69 Å². The molecule has 27 heavy (non-hydrogen) atoms. The third-order valence-electron chi connectivity index (χ3n) is 3.70. The van der Waals surface area contributed by atoms with Crippen molar-refractivity contribution in [1.29, 1.82) is 0 Å². The Kier molecular flexibility index (Phi) is 7.43. The molecule has 2 amide bonds. The van der Waals surface area contributed by atoms with Gasteiger partial charge in [-0.25, -0.2) is 0 Å². The van der Waals surface area contributed by atoms with Crippen molar-refractivity contribution < 1.29 is 19.1 Å². The molecule has 6 nitrogen and oxygen atoms in total. The predicted molar refractivity (Wildman–Crippen MR) is 105 cm³/mol. The second-order valence-corrected chi connectivity index (χ2v) is 5.92. The number of nitrogens with one attached hydrogen (secondary N) is 2. The highest BCUT2D eigenvalue weighted by molar-refractivity contribution is 5.88. The minimum atomic E-state index is -0.253. The molecule has 0 radical (unpaired) electrons. The van der Waals surface area contributed by atoms with Gasteiger partial charge in [-0.1, -0.05) is 24.3 Å². The molecule has 0 aliphatic rings. The molecular weight excluding hydrogens is 344 g/mol. The first-order chi connectivity index (χ1) is 13.0. The second kappa shape index (κ2) is 10.0. The third-order valence-corrected chi connectivity index (χ3v) is 3.70. The molecule has 0 aliphatic heterocycles. The van der Waals surface area contributed by atoms with E-state index >= 15 is 0 Å². The molecule has 0 heterocycles. The number of hydrogen-bond acceptors (Lipinski definition) is 4. The van der Waals surface area contributed by atoms with Crippen LogP contribution >= 0.6 is 0 Å². The minimum Gasteiger partial charge on any atom is -0.493 e. The smallest absolute Gasteiger partial charge is 0.258 e. The molecule has 0 atom stereocenters. The molecule has 0 fully saturated rings. The normalized spacial score (nSPS) is 10.0. The number of hydrogen-bond donors (Lipinski definition) is 2. The van der Waals surface area contributed by atoms with Crippen LogP contribution in [0.1, 0.15) is 18.1 Å². The van der Waals surface area contributed by atoms with E-state index in [4.69, 9.17) is 9.47 Å². The molecule has 0 aliphatic carbocycles. The summed E-state index contributed by atoms with van der Waals surface area (Å²) in [7, 11) is 1.56. The van der Waals surface area contributed by atoms with Gasteiger partial charge in [0.15, 0.2) is 18.1 Å². The van der Waals surface area contributed by atoms with Gasteiger partial charge in [0.1, 0.15) is 0 Å². The Hall–Kier alpha value is -3.28. The summed E-state index contributed by atoms with van der Waals surface area (Å²) < 4.78 is 10.9. The zero-order chi connectivity index (χ0) is 19.6. The number of carbonyl (C=O) groups excluding carboxylic acids is 2. The lowest BCUT2D eigenvalue weighted by atomic mass is 10.1. The van der Waals surface area contributed by atoms with Crippen LogP contribution in [0.3, 0.4) is 0 Å². The molecule has 0 bridgehead atoms. The molecule has 2 N–H and O–H groups in total. The lowest BCUT2D eigenvalue weighted by molar-refractivity contribution is -0.123. The van der Waals surface area contributed by atoms with E-state index in [0.29, 0.717) is 23.7 Å². The van der Waals surface area contributed by atoms with Gasteiger partial charge in [0.2, 0.25) is 5.91 Å². The fourth-order valence-corrected chi connectivity index (χ4v) is 2.48. The predicted octanol–water partition coefficient (Wildman–Crippen LogP) is 3.08. The molecule has 0 spiro atoms. The monoisotopic (exact) mass is 368 g/mol. The van der Waals surface area contributed by atoms with Crippen molar-refractivity contribution in [2.45, 2.75) is 19.9 Å². The number of anilines is 1. The van der Waals surface area contributed by atoms with Crippen LogP contribution in [0.2, 0.25) is 0 Å². The van der Waals surface area contributed by atoms with Crippen LogP contribution in [0.25, 0.3) is 0 Å². The maximum absolute atomic E-state index is 12.1. The fraction of sp³-hybridized carbons (Fsp3) is 0.238. The Balaban J connectivity index is 1.88. The summed E-state index contributed by atoms with van der Waals surface area (Å²) in [6.45, 7) is 5.38. The van der Waals surface area contributed by atoms with Crippen molar-refractivity contribution in [2.75, 3.05) is 19.0 Å². The maximum Gasteiger partial charge on any atom is 0.258 e. The molecule has 2 aromatic rings. The lowest BCUT2D eigenvalue weighted by Crippen LogP contribution is -2.28. The number of allylic oxidation sites excluding steroid dienone is 1. The zero-order valence-corrected chi connectivity index (χ0v) is 15.6. The molecule has 0 aromatic heterocycles. The van der Waals surface area contributed by atoms with E-state index in [9.17, 15) is 9.59 Å². The van der Waals surface area contributed by atoms with E-state index in [1.54, 1.807) is 19.2 Å². The van der Waals surface area contributed by atoms with Crippen LogP contribution in [0.5, 0.6) is 11.5 Å². The quantitative estimate of drug-likeness (QED) is 0.667. The SMILES string of the molecule is C=CCc1ccc(OCC(=O)NCc2cccc(NC(C)=O)c2)c(OC)c1. The molecule has 0 saturated heterocycles. The first-order valence-corrected chi connectivity index (χ1v) is 8.55. The van der Waals surface area contributed by atoms with Crippen LogP contribution in [-0.2, 0) is 22.6 Å². The van der Waals surface area contributed by atoms with Crippen molar-refractivity contribution in [3.63, 3.8) is 0 Å². The summed E-state index contributed by atoms with van der Waals surface area (Å²) in [6.07, 6.45) is 2.54. The summed E-state index contributed by atoms with van der Waals surface area (Å²) in [6, 6.07) is 12.8. The zero-order valence-electron chi connectivity index (χ0n) is 15.6. The van der Waals surface area contributed by atoms with Crippen molar-refractivity contribution in [3.05, 3.63) is 66.2 Å². The highest BCUT2D eigenvalue weighted by atomic mass is 16.5. The van der Waals surface area contributed by atoms with Gasteiger partial charge in [-0.2, -0.15) is 0 Å². The van der Waals surface area contributed by atoms with E-state index in [0.717, 1.165) is 17.5 Å². The molecule has 2 aromatic carbocycles. The molecule has 2 rings (SSSR count). The first-order valence-electron chi connectivity index (χ1n) is 8.55. The fourth-order valence-electron chi connectivity index (χ4n) is 2.48. The topological polar surface area (TPSA) is 76.7 Å². The Morgan fingerprint density at radius 1 is 1.11 bits per heavy atom. The number of rotatable bonds is 9. The summed E-state index contributed by atoms with van der Waals surface area (Å²) in [5.74, 6) is 0.688. The van der Waals surface area contributed by atoms with Crippen LogP contribution in [0.15, 0.2) is 55.1 Å². The number of ether oxygens (including phenoxy) is 2. The summed E-state index contributed by atoms with van der Waals surface area (Å²) in [4.78, 5) is 23.2. The van der Waals surface area contributed by atoms with Crippen molar-refractivity contribution in [3.8, 4) is 11.5 Å². The van der Waals surface area contributed by atoms with E-state index in [2.05, 4.69) is 17.2 Å². The molecule has 0 saturated carbocycles. The highest BCUT2D eigenvalue weighted by Crippen LogP contribution is 2.28. The molecule has 6 heteroatoms. The summed E-state index contributed by atoms with van der Waals surface area (Å²) in [5, 5.41) is 5.50. The van der Waals surface area contributed by atoms with Gasteiger partial charge >= 0.3 is 0 Å². The van der Waals surface area contributed by atoms with Gasteiger partial charge in [0, 0.05) is 19.2 Å². The van der Waals surface area contributed by atoms with Gasteiger partial charge in [-0.05, 0) is 41.8 Å². The Morgan fingerprint density at radius 3 is 2.63 bits per heavy atom. The molecule has 0 unspecified atom stereocenters. The van der Waals surface area contributed by atoms with Gasteiger partial charge in [-0.3, -0.25) is 9.59 Å². The Bertz CT molecular complexity index is 818. The largest absolute Gasteiger partial charge is 0.493 e. The summed E-state index contributed by atoms with van der Waals surface area (Å²) in [5.41, 5.74) is 2.62. The number of methoxy groups -OCH3 is 1. The lowest BCUT2D eigenvalue weighted by Gasteiger charge is -2.12. The number of benzene rings is 2. The van der Waals surface area contributed by atoms with Gasteiger partial charge in [0.05, 0.1) is 7.11 Å². The minimum absolute atomic E-state index is 0.122. The molecular formula is C21H24N2O4. The standard InChI is InChI=1S/C21H24N2O4/c1-4-6-16-9-10-19(20(12-16)26-3)27-14-21(25)22-13-17-7-5-8-18(11-17)23-15(2)24/h4-5,7-12H,1,6,13-14H2,2-3H3,(H,22,25)(H,23,24). The Morgan fingerprint density at radius 2 is 1.93 bits per heavy atom. The van der Waals surface area contributed by atoms with Crippen molar-refractivity contribution in [1.82, 2.24) is 5.32 Å².